The molecule has 2 aromatic carbocycles. The van der Waals surface area contributed by atoms with Crippen LogP contribution in [0, 0.1) is 6.92 Å². The van der Waals surface area contributed by atoms with Crippen molar-refractivity contribution in [2.24, 2.45) is 0 Å². The molecule has 3 rings (SSSR count). The number of hydrogen-bond donors (Lipinski definition) is 1. The Labute approximate surface area is 144 Å². The molecule has 0 saturated carbocycles. The van der Waals surface area contributed by atoms with Crippen LogP contribution >= 0.6 is 0 Å². The van der Waals surface area contributed by atoms with Crippen molar-refractivity contribution in [2.45, 2.75) is 20.3 Å². The summed E-state index contributed by atoms with van der Waals surface area (Å²) < 4.78 is 0. The molecular formula is C20H25N3O. The number of para-hydroxylation sites is 1. The first-order chi connectivity index (χ1) is 11.7. The highest BCUT2D eigenvalue weighted by Crippen LogP contribution is 2.19. The molecule has 0 spiro atoms. The highest BCUT2D eigenvalue weighted by molar-refractivity contribution is 5.90. The Morgan fingerprint density at radius 1 is 1.00 bits per heavy atom. The molecule has 1 N–H and O–H groups in total. The van der Waals surface area contributed by atoms with Gasteiger partial charge in [0.15, 0.2) is 0 Å². The Morgan fingerprint density at radius 2 is 1.67 bits per heavy atom. The van der Waals surface area contributed by atoms with Gasteiger partial charge < -0.3 is 15.1 Å². The lowest BCUT2D eigenvalue weighted by molar-refractivity contribution is 0.208. The standard InChI is InChI=1S/C20H25N3O/c1-3-17-6-4-5-7-19(17)21-20(24)23-14-12-22(13-15-23)18-10-8-16(2)9-11-18/h4-11H,3,12-15H2,1-2H3,(H,21,24). The normalized spacial score (nSPS) is 14.6. The number of aryl methyl sites for hydroxylation is 2. The van der Waals surface area contributed by atoms with Gasteiger partial charge in [0.25, 0.3) is 0 Å². The molecule has 0 unspecified atom stereocenters. The summed E-state index contributed by atoms with van der Waals surface area (Å²) in [6, 6.07) is 16.6. The largest absolute Gasteiger partial charge is 0.368 e. The van der Waals surface area contributed by atoms with Gasteiger partial charge in [-0.25, -0.2) is 4.79 Å². The second kappa shape index (κ2) is 7.39. The molecule has 0 aliphatic carbocycles. The minimum Gasteiger partial charge on any atom is -0.368 e. The Hall–Kier alpha value is -2.49. The zero-order valence-electron chi connectivity index (χ0n) is 14.5. The van der Waals surface area contributed by atoms with Gasteiger partial charge in [0.2, 0.25) is 0 Å². The lowest BCUT2D eigenvalue weighted by Crippen LogP contribution is -2.50. The van der Waals surface area contributed by atoms with E-state index in [1.807, 2.05) is 23.1 Å². The number of nitrogens with zero attached hydrogens (tertiary/aromatic N) is 2. The van der Waals surface area contributed by atoms with Crippen LogP contribution in [0.15, 0.2) is 48.5 Å². The fourth-order valence-electron chi connectivity index (χ4n) is 3.07. The van der Waals surface area contributed by atoms with Crippen LogP contribution in [0.3, 0.4) is 0 Å². The zero-order chi connectivity index (χ0) is 16.9. The Morgan fingerprint density at radius 3 is 2.33 bits per heavy atom. The zero-order valence-corrected chi connectivity index (χ0v) is 14.5. The van der Waals surface area contributed by atoms with E-state index < -0.39 is 0 Å². The molecule has 1 fully saturated rings. The highest BCUT2D eigenvalue weighted by atomic mass is 16.2. The van der Waals surface area contributed by atoms with Gasteiger partial charge in [-0.15, -0.1) is 0 Å². The van der Waals surface area contributed by atoms with Crippen molar-refractivity contribution in [2.75, 3.05) is 36.4 Å². The average Bonchev–Trinajstić information content (AvgIpc) is 2.63. The molecule has 4 heteroatoms. The molecule has 24 heavy (non-hydrogen) atoms. The van der Waals surface area contributed by atoms with Crippen molar-refractivity contribution in [1.82, 2.24) is 4.90 Å². The SMILES string of the molecule is CCc1ccccc1NC(=O)N1CCN(c2ccc(C)cc2)CC1. The van der Waals surface area contributed by atoms with Crippen molar-refractivity contribution < 1.29 is 4.79 Å². The van der Waals surface area contributed by atoms with Crippen molar-refractivity contribution >= 4 is 17.4 Å². The van der Waals surface area contributed by atoms with Gasteiger partial charge in [-0.2, -0.15) is 0 Å². The van der Waals surface area contributed by atoms with E-state index in [1.165, 1.54) is 16.8 Å². The average molecular weight is 323 g/mol. The fourth-order valence-corrected chi connectivity index (χ4v) is 3.07. The van der Waals surface area contributed by atoms with E-state index >= 15 is 0 Å². The van der Waals surface area contributed by atoms with Gasteiger partial charge in [0, 0.05) is 37.6 Å². The minimum absolute atomic E-state index is 0.000504. The smallest absolute Gasteiger partial charge is 0.321 e. The first-order valence-corrected chi connectivity index (χ1v) is 8.63. The number of carbonyl (C=O) groups excluding carboxylic acids is 1. The highest BCUT2D eigenvalue weighted by Gasteiger charge is 2.21. The summed E-state index contributed by atoms with van der Waals surface area (Å²) in [5.41, 5.74) is 4.60. The van der Waals surface area contributed by atoms with E-state index in [4.69, 9.17) is 0 Å². The summed E-state index contributed by atoms with van der Waals surface area (Å²) in [7, 11) is 0. The quantitative estimate of drug-likeness (QED) is 0.929. The fraction of sp³-hybridized carbons (Fsp3) is 0.350. The van der Waals surface area contributed by atoms with Crippen LogP contribution in [0.25, 0.3) is 0 Å². The minimum atomic E-state index is -0.000504. The molecule has 1 aliphatic heterocycles. The molecule has 2 aromatic rings. The number of amides is 2. The Kier molecular flexibility index (Phi) is 5.04. The van der Waals surface area contributed by atoms with E-state index in [-0.39, 0.29) is 6.03 Å². The van der Waals surface area contributed by atoms with Gasteiger partial charge in [-0.3, -0.25) is 0 Å². The van der Waals surface area contributed by atoms with Crippen molar-refractivity contribution in [3.63, 3.8) is 0 Å². The van der Waals surface area contributed by atoms with Crippen LogP contribution < -0.4 is 10.2 Å². The summed E-state index contributed by atoms with van der Waals surface area (Å²) in [6.45, 7) is 7.42. The molecule has 0 atom stereocenters. The molecule has 126 valence electrons. The van der Waals surface area contributed by atoms with Crippen LogP contribution in [0.4, 0.5) is 16.2 Å². The molecule has 1 heterocycles. The van der Waals surface area contributed by atoms with Crippen LogP contribution in [0.1, 0.15) is 18.1 Å². The maximum atomic E-state index is 12.5. The maximum Gasteiger partial charge on any atom is 0.321 e. The van der Waals surface area contributed by atoms with E-state index in [1.54, 1.807) is 0 Å². The number of urea groups is 1. The number of carbonyl (C=O) groups is 1. The molecule has 4 nitrogen and oxygen atoms in total. The van der Waals surface area contributed by atoms with E-state index in [0.717, 1.165) is 38.3 Å². The third kappa shape index (κ3) is 3.70. The van der Waals surface area contributed by atoms with Gasteiger partial charge in [0.05, 0.1) is 0 Å². The number of rotatable bonds is 3. The maximum absolute atomic E-state index is 12.5. The number of piperazine rings is 1. The molecule has 0 bridgehead atoms. The molecular weight excluding hydrogens is 298 g/mol. The number of anilines is 2. The monoisotopic (exact) mass is 323 g/mol. The van der Waals surface area contributed by atoms with Crippen molar-refractivity contribution in [1.29, 1.82) is 0 Å². The van der Waals surface area contributed by atoms with E-state index in [2.05, 4.69) is 54.4 Å². The first kappa shape index (κ1) is 16.4. The van der Waals surface area contributed by atoms with Gasteiger partial charge in [-0.05, 0) is 37.1 Å². The first-order valence-electron chi connectivity index (χ1n) is 8.63. The van der Waals surface area contributed by atoms with E-state index in [0.29, 0.717) is 0 Å². The summed E-state index contributed by atoms with van der Waals surface area (Å²) in [6.07, 6.45) is 0.914. The van der Waals surface area contributed by atoms with Crippen molar-refractivity contribution in [3.8, 4) is 0 Å². The number of benzene rings is 2. The molecule has 1 aliphatic rings. The summed E-state index contributed by atoms with van der Waals surface area (Å²) >= 11 is 0. The summed E-state index contributed by atoms with van der Waals surface area (Å²) in [4.78, 5) is 16.8. The van der Waals surface area contributed by atoms with Gasteiger partial charge in [-0.1, -0.05) is 42.8 Å². The summed E-state index contributed by atoms with van der Waals surface area (Å²) in [5.74, 6) is 0. The van der Waals surface area contributed by atoms with Crippen LogP contribution in [0.2, 0.25) is 0 Å². The lowest BCUT2D eigenvalue weighted by Gasteiger charge is -2.36. The predicted molar refractivity (Wildman–Crippen MR) is 99.8 cm³/mol. The number of nitrogens with one attached hydrogen (secondary N) is 1. The molecule has 0 radical (unpaired) electrons. The lowest BCUT2D eigenvalue weighted by atomic mass is 10.1. The van der Waals surface area contributed by atoms with Crippen LogP contribution in [-0.2, 0) is 6.42 Å². The molecule has 1 saturated heterocycles. The molecule has 0 aromatic heterocycles. The third-order valence-electron chi connectivity index (χ3n) is 4.61. The van der Waals surface area contributed by atoms with Crippen molar-refractivity contribution in [3.05, 3.63) is 59.7 Å². The van der Waals surface area contributed by atoms with E-state index in [9.17, 15) is 4.79 Å². The summed E-state index contributed by atoms with van der Waals surface area (Å²) in [5, 5.41) is 3.06. The third-order valence-corrected chi connectivity index (χ3v) is 4.61. The Bertz CT molecular complexity index is 688. The van der Waals surface area contributed by atoms with Crippen LogP contribution in [0.5, 0.6) is 0 Å². The molecule has 2 amide bonds. The van der Waals surface area contributed by atoms with Gasteiger partial charge >= 0.3 is 6.03 Å². The predicted octanol–water partition coefficient (Wildman–Crippen LogP) is 3.91. The number of hydrogen-bond acceptors (Lipinski definition) is 2. The second-order valence-electron chi connectivity index (χ2n) is 6.25. The van der Waals surface area contributed by atoms with Crippen LogP contribution in [-0.4, -0.2) is 37.1 Å². The topological polar surface area (TPSA) is 35.6 Å². The Balaban J connectivity index is 1.58. The van der Waals surface area contributed by atoms with Gasteiger partial charge in [0.1, 0.15) is 0 Å². The second-order valence-corrected chi connectivity index (χ2v) is 6.25.